The van der Waals surface area contributed by atoms with Crippen LogP contribution in [0.25, 0.3) is 22.4 Å². The van der Waals surface area contributed by atoms with E-state index >= 15 is 0 Å². The van der Waals surface area contributed by atoms with Gasteiger partial charge in [-0.1, -0.05) is 11.6 Å². The number of pyridine rings is 1. The molecular formula is C15H13ClN4O2. The first-order valence-corrected chi connectivity index (χ1v) is 6.91. The van der Waals surface area contributed by atoms with Gasteiger partial charge in [0.2, 0.25) is 11.8 Å². The van der Waals surface area contributed by atoms with Gasteiger partial charge in [-0.05, 0) is 30.3 Å². The van der Waals surface area contributed by atoms with Crippen molar-refractivity contribution in [3.05, 3.63) is 41.6 Å². The lowest BCUT2D eigenvalue weighted by Crippen LogP contribution is -2.19. The fourth-order valence-corrected chi connectivity index (χ4v) is 2.45. The maximum Gasteiger partial charge on any atom is 0.239 e. The van der Waals surface area contributed by atoms with Gasteiger partial charge < -0.3 is 15.0 Å². The van der Waals surface area contributed by atoms with Crippen LogP contribution in [0.4, 0.5) is 0 Å². The Morgan fingerprint density at radius 2 is 2.05 bits per heavy atom. The second-order valence-corrected chi connectivity index (χ2v) is 5.12. The van der Waals surface area contributed by atoms with Crippen LogP contribution >= 0.6 is 11.6 Å². The van der Waals surface area contributed by atoms with Crippen LogP contribution in [0.5, 0.6) is 5.88 Å². The zero-order chi connectivity index (χ0) is 15.7. The van der Waals surface area contributed by atoms with Crippen LogP contribution in [-0.2, 0) is 11.3 Å². The third-order valence-corrected chi connectivity index (χ3v) is 3.48. The van der Waals surface area contributed by atoms with Crippen LogP contribution in [0.3, 0.4) is 0 Å². The molecule has 1 amide bonds. The number of rotatable bonds is 4. The van der Waals surface area contributed by atoms with Gasteiger partial charge >= 0.3 is 0 Å². The quantitative estimate of drug-likeness (QED) is 0.800. The van der Waals surface area contributed by atoms with E-state index in [1.165, 1.54) is 7.11 Å². The van der Waals surface area contributed by atoms with E-state index in [4.69, 9.17) is 22.1 Å². The highest BCUT2D eigenvalue weighted by atomic mass is 35.5. The van der Waals surface area contributed by atoms with Crippen molar-refractivity contribution in [3.63, 3.8) is 0 Å². The van der Waals surface area contributed by atoms with Gasteiger partial charge in [0.1, 0.15) is 17.9 Å². The molecule has 0 saturated carbocycles. The van der Waals surface area contributed by atoms with Crippen molar-refractivity contribution in [2.45, 2.75) is 6.54 Å². The summed E-state index contributed by atoms with van der Waals surface area (Å²) in [6.45, 7) is -0.0173. The third kappa shape index (κ3) is 2.48. The number of aromatic nitrogens is 3. The fraction of sp³-hybridized carbons (Fsp3) is 0.133. The number of carbonyl (C=O) groups excluding carboxylic acids is 1. The molecule has 0 spiro atoms. The largest absolute Gasteiger partial charge is 0.479 e. The molecule has 0 bridgehead atoms. The smallest absolute Gasteiger partial charge is 0.239 e. The van der Waals surface area contributed by atoms with Gasteiger partial charge in [-0.2, -0.15) is 0 Å². The highest BCUT2D eigenvalue weighted by molar-refractivity contribution is 6.30. The Hall–Kier alpha value is -2.60. The SMILES string of the molecule is COc1nccc2nc(-c3ccc(Cl)cc3)n(CC(N)=O)c12. The number of ether oxygens (including phenoxy) is 1. The Morgan fingerprint density at radius 3 is 2.68 bits per heavy atom. The van der Waals surface area contributed by atoms with Crippen molar-refractivity contribution in [2.75, 3.05) is 7.11 Å². The molecule has 0 radical (unpaired) electrons. The summed E-state index contributed by atoms with van der Waals surface area (Å²) in [5, 5.41) is 0.626. The number of fused-ring (bicyclic) bond motifs is 1. The number of methoxy groups -OCH3 is 1. The minimum atomic E-state index is -0.472. The van der Waals surface area contributed by atoms with Crippen molar-refractivity contribution >= 4 is 28.5 Å². The van der Waals surface area contributed by atoms with Crippen LogP contribution in [0.2, 0.25) is 5.02 Å². The molecule has 112 valence electrons. The van der Waals surface area contributed by atoms with Gasteiger partial charge in [0.05, 0.1) is 12.6 Å². The number of halogens is 1. The summed E-state index contributed by atoms with van der Waals surface area (Å²) in [6.07, 6.45) is 1.61. The highest BCUT2D eigenvalue weighted by Crippen LogP contribution is 2.29. The average molecular weight is 317 g/mol. The number of imidazole rings is 1. The molecule has 0 aliphatic rings. The molecule has 3 aromatic rings. The van der Waals surface area contributed by atoms with Crippen molar-refractivity contribution in [3.8, 4) is 17.3 Å². The average Bonchev–Trinajstić information content (AvgIpc) is 2.86. The molecule has 0 saturated heterocycles. The topological polar surface area (TPSA) is 83.0 Å². The van der Waals surface area contributed by atoms with E-state index < -0.39 is 5.91 Å². The number of nitrogens with two attached hydrogens (primary N) is 1. The highest BCUT2D eigenvalue weighted by Gasteiger charge is 2.18. The first-order valence-electron chi connectivity index (χ1n) is 6.53. The fourth-order valence-electron chi connectivity index (χ4n) is 2.33. The molecule has 0 unspecified atom stereocenters. The number of primary amides is 1. The van der Waals surface area contributed by atoms with E-state index in [1.807, 2.05) is 12.1 Å². The van der Waals surface area contributed by atoms with E-state index in [2.05, 4.69) is 9.97 Å². The molecule has 2 N–H and O–H groups in total. The van der Waals surface area contributed by atoms with E-state index in [0.717, 1.165) is 5.56 Å². The van der Waals surface area contributed by atoms with E-state index in [0.29, 0.717) is 27.8 Å². The molecule has 2 aromatic heterocycles. The lowest BCUT2D eigenvalue weighted by molar-refractivity contribution is -0.118. The van der Waals surface area contributed by atoms with Gasteiger partial charge in [0, 0.05) is 16.8 Å². The number of nitrogens with zero attached hydrogens (tertiary/aromatic N) is 3. The zero-order valence-corrected chi connectivity index (χ0v) is 12.5. The Kier molecular flexibility index (Phi) is 3.68. The number of hydrogen-bond donors (Lipinski definition) is 1. The molecule has 6 nitrogen and oxygen atoms in total. The molecule has 0 aliphatic heterocycles. The van der Waals surface area contributed by atoms with Crippen LogP contribution < -0.4 is 10.5 Å². The molecule has 7 heteroatoms. The summed E-state index contributed by atoms with van der Waals surface area (Å²) in [4.78, 5) is 20.2. The van der Waals surface area contributed by atoms with Crippen molar-refractivity contribution < 1.29 is 9.53 Å². The molecular weight excluding hydrogens is 304 g/mol. The standard InChI is InChI=1S/C15H13ClN4O2/c1-22-15-13-11(6-7-18-15)19-14(20(13)8-12(17)21)9-2-4-10(16)5-3-9/h2-7H,8H2,1H3,(H2,17,21). The van der Waals surface area contributed by atoms with E-state index in [9.17, 15) is 4.79 Å². The zero-order valence-electron chi connectivity index (χ0n) is 11.8. The second kappa shape index (κ2) is 5.65. The minimum absolute atomic E-state index is 0.0173. The van der Waals surface area contributed by atoms with Crippen LogP contribution in [0.15, 0.2) is 36.5 Å². The lowest BCUT2D eigenvalue weighted by atomic mass is 10.2. The molecule has 1 aromatic carbocycles. The first kappa shape index (κ1) is 14.3. The third-order valence-electron chi connectivity index (χ3n) is 3.23. The number of carbonyl (C=O) groups is 1. The molecule has 2 heterocycles. The van der Waals surface area contributed by atoms with Crippen LogP contribution in [-0.4, -0.2) is 27.6 Å². The van der Waals surface area contributed by atoms with Crippen LogP contribution in [0.1, 0.15) is 0 Å². The number of amides is 1. The summed E-state index contributed by atoms with van der Waals surface area (Å²) < 4.78 is 6.97. The summed E-state index contributed by atoms with van der Waals surface area (Å²) in [5.74, 6) is 0.531. The van der Waals surface area contributed by atoms with Gasteiger partial charge in [-0.15, -0.1) is 0 Å². The Balaban J connectivity index is 2.29. The van der Waals surface area contributed by atoms with Crippen molar-refractivity contribution in [1.29, 1.82) is 0 Å². The summed E-state index contributed by atoms with van der Waals surface area (Å²) >= 11 is 5.92. The summed E-state index contributed by atoms with van der Waals surface area (Å²) in [6, 6.07) is 8.96. The predicted molar refractivity (Wildman–Crippen MR) is 83.7 cm³/mol. The van der Waals surface area contributed by atoms with Crippen molar-refractivity contribution in [2.24, 2.45) is 5.73 Å². The monoisotopic (exact) mass is 316 g/mol. The molecule has 3 rings (SSSR count). The maximum atomic E-state index is 11.4. The van der Waals surface area contributed by atoms with Crippen LogP contribution in [0, 0.1) is 0 Å². The van der Waals surface area contributed by atoms with Gasteiger partial charge in [-0.25, -0.2) is 9.97 Å². The van der Waals surface area contributed by atoms with Crippen molar-refractivity contribution in [1.82, 2.24) is 14.5 Å². The Bertz CT molecular complexity index is 843. The summed E-state index contributed by atoms with van der Waals surface area (Å²) in [7, 11) is 1.52. The first-order chi connectivity index (χ1) is 10.6. The van der Waals surface area contributed by atoms with Gasteiger partial charge in [0.25, 0.3) is 0 Å². The molecule has 0 atom stereocenters. The maximum absolute atomic E-state index is 11.4. The number of benzene rings is 1. The molecule has 0 aliphatic carbocycles. The minimum Gasteiger partial charge on any atom is -0.479 e. The lowest BCUT2D eigenvalue weighted by Gasteiger charge is -2.08. The molecule has 22 heavy (non-hydrogen) atoms. The molecule has 0 fully saturated rings. The van der Waals surface area contributed by atoms with E-state index in [-0.39, 0.29) is 6.54 Å². The van der Waals surface area contributed by atoms with Gasteiger partial charge in [-0.3, -0.25) is 4.79 Å². The Morgan fingerprint density at radius 1 is 1.32 bits per heavy atom. The van der Waals surface area contributed by atoms with E-state index in [1.54, 1.807) is 29.0 Å². The summed E-state index contributed by atoms with van der Waals surface area (Å²) in [5.41, 5.74) is 7.50. The predicted octanol–water partition coefficient (Wildman–Crippen LogP) is 2.25. The van der Waals surface area contributed by atoms with Gasteiger partial charge in [0.15, 0.2) is 0 Å². The number of hydrogen-bond acceptors (Lipinski definition) is 4. The Labute approximate surface area is 131 Å². The second-order valence-electron chi connectivity index (χ2n) is 4.68. The normalized spacial score (nSPS) is 10.8.